The van der Waals surface area contributed by atoms with Crippen molar-refractivity contribution in [2.45, 2.75) is 38.6 Å². The summed E-state index contributed by atoms with van der Waals surface area (Å²) >= 11 is 0. The maximum Gasteiger partial charge on any atom is 0.329 e. The van der Waals surface area contributed by atoms with Gasteiger partial charge in [0.2, 0.25) is 0 Å². The molecule has 1 saturated heterocycles. The van der Waals surface area contributed by atoms with Crippen LogP contribution in [0.1, 0.15) is 44.2 Å². The van der Waals surface area contributed by atoms with E-state index >= 15 is 0 Å². The maximum atomic E-state index is 12.7. The Morgan fingerprint density at radius 2 is 1.76 bits per heavy atom. The molecule has 4 nitrogen and oxygen atoms in total. The molecule has 0 aliphatic carbocycles. The molecule has 0 atom stereocenters. The molecule has 2 heterocycles. The number of imidazole rings is 1. The Labute approximate surface area is 126 Å². The minimum atomic E-state index is 0.125. The Hall–Kier alpha value is -1.55. The van der Waals surface area contributed by atoms with Crippen molar-refractivity contribution in [3.63, 3.8) is 0 Å². The number of rotatable bonds is 2. The predicted octanol–water partition coefficient (Wildman–Crippen LogP) is 2.73. The van der Waals surface area contributed by atoms with Gasteiger partial charge in [-0.05, 0) is 56.6 Å². The van der Waals surface area contributed by atoms with Gasteiger partial charge in [-0.1, -0.05) is 19.9 Å². The van der Waals surface area contributed by atoms with E-state index in [4.69, 9.17) is 0 Å². The summed E-state index contributed by atoms with van der Waals surface area (Å²) < 4.78 is 3.83. The fraction of sp³-hybridized carbons (Fsp3) is 0.588. The molecule has 3 rings (SSSR count). The quantitative estimate of drug-likeness (QED) is 0.850. The van der Waals surface area contributed by atoms with Gasteiger partial charge in [-0.2, -0.15) is 0 Å². The van der Waals surface area contributed by atoms with Crippen molar-refractivity contribution in [1.82, 2.24) is 14.0 Å². The van der Waals surface area contributed by atoms with Gasteiger partial charge in [0, 0.05) is 13.1 Å². The molecular weight excluding hydrogens is 262 g/mol. The number of aryl methyl sites for hydroxylation is 1. The summed E-state index contributed by atoms with van der Waals surface area (Å²) in [5, 5.41) is 0. The Balaban J connectivity index is 2.14. The van der Waals surface area contributed by atoms with Crippen molar-refractivity contribution >= 4 is 11.0 Å². The molecule has 1 fully saturated rings. The molecule has 114 valence electrons. The zero-order chi connectivity index (χ0) is 15.1. The van der Waals surface area contributed by atoms with Crippen molar-refractivity contribution in [2.24, 2.45) is 7.05 Å². The molecular formula is C17H25N3O. The van der Waals surface area contributed by atoms with Crippen LogP contribution < -0.4 is 5.69 Å². The highest BCUT2D eigenvalue weighted by molar-refractivity contribution is 5.77. The van der Waals surface area contributed by atoms with E-state index < -0.39 is 0 Å². The molecule has 0 amide bonds. The van der Waals surface area contributed by atoms with Crippen molar-refractivity contribution in [3.05, 3.63) is 34.2 Å². The summed E-state index contributed by atoms with van der Waals surface area (Å²) in [4.78, 5) is 15.0. The van der Waals surface area contributed by atoms with Crippen molar-refractivity contribution < 1.29 is 0 Å². The van der Waals surface area contributed by atoms with Crippen LogP contribution in [0.2, 0.25) is 0 Å². The molecule has 0 radical (unpaired) electrons. The van der Waals surface area contributed by atoms with Crippen LogP contribution in [0.3, 0.4) is 0 Å². The molecule has 0 bridgehead atoms. The van der Waals surface area contributed by atoms with Gasteiger partial charge in [-0.15, -0.1) is 0 Å². The first kappa shape index (κ1) is 14.4. The first-order chi connectivity index (χ1) is 9.99. The summed E-state index contributed by atoms with van der Waals surface area (Å²) in [6.45, 7) is 6.53. The monoisotopic (exact) mass is 287 g/mol. The third kappa shape index (κ3) is 2.42. The van der Waals surface area contributed by atoms with Crippen LogP contribution in [-0.2, 0) is 7.05 Å². The Kier molecular flexibility index (Phi) is 3.66. The number of nitrogens with zero attached hydrogens (tertiary/aromatic N) is 3. The molecule has 2 aromatic rings. The van der Waals surface area contributed by atoms with E-state index in [0.717, 1.165) is 37.0 Å². The number of likely N-dealkylation sites (tertiary alicyclic amines) is 1. The van der Waals surface area contributed by atoms with Gasteiger partial charge in [-0.25, -0.2) is 4.79 Å². The molecule has 1 aromatic heterocycles. The van der Waals surface area contributed by atoms with E-state index in [9.17, 15) is 4.79 Å². The molecule has 1 aliphatic heterocycles. The lowest BCUT2D eigenvalue weighted by Gasteiger charge is -2.29. The molecule has 0 saturated carbocycles. The number of piperidine rings is 1. The van der Waals surface area contributed by atoms with E-state index in [-0.39, 0.29) is 5.69 Å². The molecule has 21 heavy (non-hydrogen) atoms. The summed E-state index contributed by atoms with van der Waals surface area (Å²) in [6.07, 6.45) is 2.11. The second-order valence-electron chi connectivity index (χ2n) is 6.65. The first-order valence-corrected chi connectivity index (χ1v) is 7.88. The van der Waals surface area contributed by atoms with Gasteiger partial charge >= 0.3 is 5.69 Å². The fourth-order valence-corrected chi connectivity index (χ4v) is 3.35. The summed E-state index contributed by atoms with van der Waals surface area (Å²) in [7, 11) is 4.03. The third-order valence-electron chi connectivity index (χ3n) is 4.83. The summed E-state index contributed by atoms with van der Waals surface area (Å²) in [5.41, 5.74) is 3.57. The lowest BCUT2D eigenvalue weighted by Crippen LogP contribution is -2.35. The second-order valence-corrected chi connectivity index (χ2v) is 6.65. The van der Waals surface area contributed by atoms with Crippen molar-refractivity contribution in [3.8, 4) is 0 Å². The van der Waals surface area contributed by atoms with Crippen molar-refractivity contribution in [2.75, 3.05) is 20.1 Å². The lowest BCUT2D eigenvalue weighted by atomic mass is 10.0. The Morgan fingerprint density at radius 3 is 2.38 bits per heavy atom. The zero-order valence-electron chi connectivity index (χ0n) is 13.5. The van der Waals surface area contributed by atoms with E-state index in [0.29, 0.717) is 12.0 Å². The van der Waals surface area contributed by atoms with Crippen LogP contribution >= 0.6 is 0 Å². The highest BCUT2D eigenvalue weighted by Gasteiger charge is 2.23. The maximum absolute atomic E-state index is 12.7. The number of hydrogen-bond donors (Lipinski definition) is 0. The van der Waals surface area contributed by atoms with E-state index in [1.165, 1.54) is 5.56 Å². The highest BCUT2D eigenvalue weighted by Crippen LogP contribution is 2.27. The molecule has 1 aliphatic rings. The molecule has 0 unspecified atom stereocenters. The molecule has 4 heteroatoms. The summed E-state index contributed by atoms with van der Waals surface area (Å²) in [6, 6.07) is 6.78. The average molecular weight is 287 g/mol. The SMILES string of the molecule is CC(C)c1ccc2c(c1)n(C1CCN(C)CC1)c(=O)n2C. The van der Waals surface area contributed by atoms with Crippen LogP contribution in [0, 0.1) is 0 Å². The average Bonchev–Trinajstić information content (AvgIpc) is 2.72. The van der Waals surface area contributed by atoms with E-state index in [1.807, 2.05) is 11.6 Å². The topological polar surface area (TPSA) is 30.2 Å². The second kappa shape index (κ2) is 5.34. The number of benzene rings is 1. The smallest absolute Gasteiger partial charge is 0.306 e. The van der Waals surface area contributed by atoms with Gasteiger partial charge in [0.05, 0.1) is 11.0 Å². The van der Waals surface area contributed by atoms with Gasteiger partial charge in [-0.3, -0.25) is 9.13 Å². The zero-order valence-corrected chi connectivity index (χ0v) is 13.5. The number of hydrogen-bond acceptors (Lipinski definition) is 2. The van der Waals surface area contributed by atoms with Crippen LogP contribution in [-0.4, -0.2) is 34.2 Å². The van der Waals surface area contributed by atoms with Gasteiger partial charge in [0.1, 0.15) is 0 Å². The highest BCUT2D eigenvalue weighted by atomic mass is 16.1. The lowest BCUT2D eigenvalue weighted by molar-refractivity contribution is 0.221. The van der Waals surface area contributed by atoms with Crippen LogP contribution in [0.25, 0.3) is 11.0 Å². The number of fused-ring (bicyclic) bond motifs is 1. The van der Waals surface area contributed by atoms with Crippen LogP contribution in [0.5, 0.6) is 0 Å². The predicted molar refractivity (Wildman–Crippen MR) is 87.0 cm³/mol. The standard InChI is InChI=1S/C17H25N3O/c1-12(2)13-5-6-15-16(11-13)20(17(21)19(15)4)14-7-9-18(3)10-8-14/h5-6,11-12,14H,7-10H2,1-4H3. The molecule has 0 spiro atoms. The van der Waals surface area contributed by atoms with E-state index in [2.05, 4.69) is 44.0 Å². The van der Waals surface area contributed by atoms with Crippen LogP contribution in [0.4, 0.5) is 0 Å². The molecule has 0 N–H and O–H groups in total. The third-order valence-corrected chi connectivity index (χ3v) is 4.83. The fourth-order valence-electron chi connectivity index (χ4n) is 3.35. The molecule has 1 aromatic carbocycles. The first-order valence-electron chi connectivity index (χ1n) is 7.88. The van der Waals surface area contributed by atoms with Crippen molar-refractivity contribution in [1.29, 1.82) is 0 Å². The van der Waals surface area contributed by atoms with Gasteiger partial charge < -0.3 is 4.90 Å². The number of aromatic nitrogens is 2. The van der Waals surface area contributed by atoms with E-state index in [1.54, 1.807) is 4.57 Å². The Morgan fingerprint density at radius 1 is 1.10 bits per heavy atom. The van der Waals surface area contributed by atoms with Gasteiger partial charge in [0.25, 0.3) is 0 Å². The summed E-state index contributed by atoms with van der Waals surface area (Å²) in [5.74, 6) is 0.482. The minimum Gasteiger partial charge on any atom is -0.306 e. The minimum absolute atomic E-state index is 0.125. The van der Waals surface area contributed by atoms with Crippen LogP contribution in [0.15, 0.2) is 23.0 Å². The van der Waals surface area contributed by atoms with Gasteiger partial charge in [0.15, 0.2) is 0 Å². The Bertz CT molecular complexity index is 703. The largest absolute Gasteiger partial charge is 0.329 e. The normalized spacial score (nSPS) is 18.0.